The van der Waals surface area contributed by atoms with Gasteiger partial charge in [-0.1, -0.05) is 60.7 Å². The van der Waals surface area contributed by atoms with E-state index in [0.717, 1.165) is 23.4 Å². The van der Waals surface area contributed by atoms with Crippen LogP contribution in [0, 0.1) is 0 Å². The number of benzene rings is 3. The van der Waals surface area contributed by atoms with Gasteiger partial charge in [0.15, 0.2) is 0 Å². The molecule has 0 spiro atoms. The number of hydrogen-bond acceptors (Lipinski definition) is 2. The number of carbonyl (C=O) groups is 1. The van der Waals surface area contributed by atoms with Crippen LogP contribution in [0.3, 0.4) is 0 Å². The van der Waals surface area contributed by atoms with Gasteiger partial charge in [0.1, 0.15) is 5.75 Å². The number of nitrogens with one attached hydrogen (secondary N) is 1. The Hall–Kier alpha value is -3.33. The molecule has 0 atom stereocenters. The normalized spacial score (nSPS) is 10.6. The van der Waals surface area contributed by atoms with Gasteiger partial charge in [0.05, 0.1) is 6.61 Å². The van der Waals surface area contributed by atoms with Gasteiger partial charge in [0, 0.05) is 18.2 Å². The van der Waals surface area contributed by atoms with Crippen molar-refractivity contribution in [3.05, 3.63) is 102 Å². The highest BCUT2D eigenvalue weighted by Gasteiger charge is 2.00. The second-order valence-electron chi connectivity index (χ2n) is 5.84. The quantitative estimate of drug-likeness (QED) is 0.616. The third kappa shape index (κ3) is 5.64. The van der Waals surface area contributed by atoms with E-state index in [0.29, 0.717) is 6.61 Å². The zero-order valence-corrected chi connectivity index (χ0v) is 14.5. The summed E-state index contributed by atoms with van der Waals surface area (Å²) in [5.41, 5.74) is 2.98. The van der Waals surface area contributed by atoms with Crippen molar-refractivity contribution < 1.29 is 9.53 Å². The maximum absolute atomic E-state index is 12.0. The minimum absolute atomic E-state index is 0.161. The van der Waals surface area contributed by atoms with Crippen LogP contribution in [0.4, 0.5) is 5.69 Å². The van der Waals surface area contributed by atoms with E-state index < -0.39 is 0 Å². The molecule has 0 aliphatic rings. The van der Waals surface area contributed by atoms with E-state index in [-0.39, 0.29) is 5.91 Å². The van der Waals surface area contributed by atoms with E-state index in [9.17, 15) is 4.79 Å². The molecule has 26 heavy (non-hydrogen) atoms. The van der Waals surface area contributed by atoms with Crippen LogP contribution in [-0.2, 0) is 11.2 Å². The van der Waals surface area contributed by atoms with E-state index >= 15 is 0 Å². The molecule has 1 N–H and O–H groups in total. The van der Waals surface area contributed by atoms with Crippen molar-refractivity contribution in [2.45, 2.75) is 6.42 Å². The summed E-state index contributed by atoms with van der Waals surface area (Å²) in [7, 11) is 0. The van der Waals surface area contributed by atoms with Gasteiger partial charge < -0.3 is 10.1 Å². The number of hydrogen-bond donors (Lipinski definition) is 1. The maximum Gasteiger partial charge on any atom is 0.248 e. The average Bonchev–Trinajstić information content (AvgIpc) is 2.69. The summed E-state index contributed by atoms with van der Waals surface area (Å²) in [6.07, 6.45) is 4.18. The minimum Gasteiger partial charge on any atom is -0.493 e. The monoisotopic (exact) mass is 343 g/mol. The smallest absolute Gasteiger partial charge is 0.248 e. The lowest BCUT2D eigenvalue weighted by molar-refractivity contribution is -0.111. The second kappa shape index (κ2) is 9.23. The summed E-state index contributed by atoms with van der Waals surface area (Å²) < 4.78 is 5.75. The lowest BCUT2D eigenvalue weighted by atomic mass is 10.2. The summed E-state index contributed by atoms with van der Waals surface area (Å²) in [4.78, 5) is 12.0. The Morgan fingerprint density at radius 2 is 1.50 bits per heavy atom. The molecule has 0 saturated carbocycles. The molecule has 0 bridgehead atoms. The topological polar surface area (TPSA) is 38.3 Å². The third-order valence-corrected chi connectivity index (χ3v) is 3.85. The predicted octanol–water partition coefficient (Wildman–Crippen LogP) is 4.96. The first-order valence-corrected chi connectivity index (χ1v) is 8.60. The fourth-order valence-electron chi connectivity index (χ4n) is 2.49. The van der Waals surface area contributed by atoms with Crippen LogP contribution in [0.1, 0.15) is 11.1 Å². The molecule has 3 aromatic carbocycles. The maximum atomic E-state index is 12.0. The molecule has 0 saturated heterocycles. The summed E-state index contributed by atoms with van der Waals surface area (Å²) in [5, 5.41) is 2.84. The number of amides is 1. The molecule has 3 aromatic rings. The Balaban J connectivity index is 1.46. The van der Waals surface area contributed by atoms with Crippen LogP contribution in [0.25, 0.3) is 6.08 Å². The molecular formula is C23H21NO2. The van der Waals surface area contributed by atoms with Gasteiger partial charge in [0.2, 0.25) is 5.91 Å². The van der Waals surface area contributed by atoms with Crippen molar-refractivity contribution in [1.29, 1.82) is 0 Å². The summed E-state index contributed by atoms with van der Waals surface area (Å²) in [5.74, 6) is 0.630. The van der Waals surface area contributed by atoms with Crippen LogP contribution in [-0.4, -0.2) is 12.5 Å². The van der Waals surface area contributed by atoms with Crippen LogP contribution in [0.2, 0.25) is 0 Å². The fraction of sp³-hybridized carbons (Fsp3) is 0.0870. The fourth-order valence-corrected chi connectivity index (χ4v) is 2.49. The molecule has 0 aromatic heterocycles. The predicted molar refractivity (Wildman–Crippen MR) is 106 cm³/mol. The minimum atomic E-state index is -0.161. The first-order chi connectivity index (χ1) is 12.8. The Bertz CT molecular complexity index is 840. The lowest BCUT2D eigenvalue weighted by Crippen LogP contribution is -2.07. The van der Waals surface area contributed by atoms with Crippen LogP contribution in [0.5, 0.6) is 5.75 Å². The number of ether oxygens (including phenoxy) is 1. The van der Waals surface area contributed by atoms with Crippen molar-refractivity contribution in [1.82, 2.24) is 0 Å². The first kappa shape index (κ1) is 17.5. The van der Waals surface area contributed by atoms with Gasteiger partial charge in [-0.25, -0.2) is 0 Å². The van der Waals surface area contributed by atoms with Crippen LogP contribution in [0.15, 0.2) is 91.0 Å². The SMILES string of the molecule is O=C(C=Cc1ccccc1)Nc1ccc(OCCc2ccccc2)cc1. The molecule has 3 rings (SSSR count). The molecule has 0 heterocycles. The van der Waals surface area contributed by atoms with Crippen molar-refractivity contribution in [3.63, 3.8) is 0 Å². The molecule has 0 aliphatic carbocycles. The molecule has 0 aliphatic heterocycles. The van der Waals surface area contributed by atoms with Gasteiger partial charge >= 0.3 is 0 Å². The molecule has 3 nitrogen and oxygen atoms in total. The number of rotatable bonds is 7. The molecule has 0 radical (unpaired) electrons. The Morgan fingerprint density at radius 3 is 2.19 bits per heavy atom. The zero-order valence-electron chi connectivity index (χ0n) is 14.5. The third-order valence-electron chi connectivity index (χ3n) is 3.85. The molecule has 130 valence electrons. The van der Waals surface area contributed by atoms with E-state index in [4.69, 9.17) is 4.74 Å². The Morgan fingerprint density at radius 1 is 0.846 bits per heavy atom. The zero-order chi connectivity index (χ0) is 18.0. The van der Waals surface area contributed by atoms with Crippen molar-refractivity contribution >= 4 is 17.7 Å². The Labute approximate surface area is 154 Å². The van der Waals surface area contributed by atoms with Gasteiger partial charge in [-0.15, -0.1) is 0 Å². The van der Waals surface area contributed by atoms with Crippen molar-refractivity contribution in [2.75, 3.05) is 11.9 Å². The van der Waals surface area contributed by atoms with Crippen LogP contribution < -0.4 is 10.1 Å². The number of carbonyl (C=O) groups excluding carboxylic acids is 1. The summed E-state index contributed by atoms with van der Waals surface area (Å²) in [6, 6.07) is 27.4. The highest BCUT2D eigenvalue weighted by Crippen LogP contribution is 2.16. The van der Waals surface area contributed by atoms with Crippen LogP contribution >= 0.6 is 0 Å². The summed E-state index contributed by atoms with van der Waals surface area (Å²) >= 11 is 0. The highest BCUT2D eigenvalue weighted by molar-refractivity contribution is 6.01. The second-order valence-corrected chi connectivity index (χ2v) is 5.84. The molecular weight excluding hydrogens is 322 g/mol. The Kier molecular flexibility index (Phi) is 6.21. The number of anilines is 1. The van der Waals surface area contributed by atoms with Gasteiger partial charge in [-0.3, -0.25) is 4.79 Å². The molecule has 1 amide bonds. The van der Waals surface area contributed by atoms with E-state index in [1.54, 1.807) is 6.08 Å². The van der Waals surface area contributed by atoms with E-state index in [2.05, 4.69) is 17.4 Å². The molecule has 0 fully saturated rings. The average molecular weight is 343 g/mol. The summed E-state index contributed by atoms with van der Waals surface area (Å²) in [6.45, 7) is 0.621. The molecule has 0 unspecified atom stereocenters. The van der Waals surface area contributed by atoms with Crippen molar-refractivity contribution in [3.8, 4) is 5.75 Å². The van der Waals surface area contributed by atoms with Gasteiger partial charge in [-0.05, 0) is 41.5 Å². The molecule has 3 heteroatoms. The van der Waals surface area contributed by atoms with E-state index in [1.165, 1.54) is 11.6 Å². The standard InChI is InChI=1S/C23H21NO2/c25-23(16-11-19-7-3-1-4-8-19)24-21-12-14-22(15-13-21)26-18-17-20-9-5-2-6-10-20/h1-16H,17-18H2,(H,24,25). The van der Waals surface area contributed by atoms with E-state index in [1.807, 2.05) is 72.8 Å². The lowest BCUT2D eigenvalue weighted by Gasteiger charge is -2.08. The highest BCUT2D eigenvalue weighted by atomic mass is 16.5. The van der Waals surface area contributed by atoms with Gasteiger partial charge in [0.25, 0.3) is 0 Å². The largest absolute Gasteiger partial charge is 0.493 e. The van der Waals surface area contributed by atoms with Gasteiger partial charge in [-0.2, -0.15) is 0 Å². The first-order valence-electron chi connectivity index (χ1n) is 8.60. The van der Waals surface area contributed by atoms with Crippen molar-refractivity contribution in [2.24, 2.45) is 0 Å².